The van der Waals surface area contributed by atoms with Crippen LogP contribution in [0, 0.1) is 0 Å². The number of amides is 1. The van der Waals surface area contributed by atoms with E-state index in [-0.39, 0.29) is 18.1 Å². The fourth-order valence-corrected chi connectivity index (χ4v) is 1.79. The smallest absolute Gasteiger partial charge is 0.228 e. The maximum absolute atomic E-state index is 11.8. The van der Waals surface area contributed by atoms with Crippen molar-refractivity contribution >= 4 is 23.2 Å². The first-order valence-electron chi connectivity index (χ1n) is 5.47. The molecule has 4 heteroatoms. The largest absolute Gasteiger partial charge is 0.508 e. The predicted molar refractivity (Wildman–Crippen MR) is 71.9 cm³/mol. The summed E-state index contributed by atoms with van der Waals surface area (Å²) in [6.07, 6.45) is 0.124. The summed E-state index contributed by atoms with van der Waals surface area (Å²) in [4.78, 5) is 11.8. The number of aromatic hydroxyl groups is 1. The van der Waals surface area contributed by atoms with Gasteiger partial charge in [0, 0.05) is 16.3 Å². The van der Waals surface area contributed by atoms with E-state index in [1.165, 1.54) is 0 Å². The molecule has 0 aliphatic carbocycles. The second-order valence-corrected chi connectivity index (χ2v) is 4.30. The number of anilines is 1. The number of hydrogen-bond acceptors (Lipinski definition) is 2. The lowest BCUT2D eigenvalue weighted by Gasteiger charge is -2.06. The van der Waals surface area contributed by atoms with Crippen LogP contribution in [-0.4, -0.2) is 11.0 Å². The van der Waals surface area contributed by atoms with Gasteiger partial charge in [-0.25, -0.2) is 0 Å². The van der Waals surface area contributed by atoms with E-state index >= 15 is 0 Å². The van der Waals surface area contributed by atoms with Crippen molar-refractivity contribution in [3.8, 4) is 5.75 Å². The Bertz CT molecular complexity index is 569. The molecule has 18 heavy (non-hydrogen) atoms. The second-order valence-electron chi connectivity index (χ2n) is 3.86. The third kappa shape index (κ3) is 3.25. The van der Waals surface area contributed by atoms with Gasteiger partial charge in [0.2, 0.25) is 5.91 Å². The molecule has 3 nitrogen and oxygen atoms in total. The van der Waals surface area contributed by atoms with Gasteiger partial charge in [-0.2, -0.15) is 0 Å². The third-order valence-corrected chi connectivity index (χ3v) is 2.69. The van der Waals surface area contributed by atoms with Crippen molar-refractivity contribution in [1.82, 2.24) is 0 Å². The van der Waals surface area contributed by atoms with Crippen LogP contribution in [0.4, 0.5) is 5.69 Å². The van der Waals surface area contributed by atoms with Crippen LogP contribution in [-0.2, 0) is 11.2 Å². The molecular weight excluding hydrogens is 250 g/mol. The van der Waals surface area contributed by atoms with E-state index in [4.69, 9.17) is 11.6 Å². The van der Waals surface area contributed by atoms with Crippen molar-refractivity contribution in [2.75, 3.05) is 5.32 Å². The van der Waals surface area contributed by atoms with Crippen molar-refractivity contribution in [2.45, 2.75) is 6.42 Å². The van der Waals surface area contributed by atoms with E-state index in [9.17, 15) is 9.90 Å². The molecule has 0 saturated carbocycles. The lowest BCUT2D eigenvalue weighted by atomic mass is 10.1. The maximum Gasteiger partial charge on any atom is 0.228 e. The van der Waals surface area contributed by atoms with Gasteiger partial charge in [0.15, 0.2) is 0 Å². The van der Waals surface area contributed by atoms with Crippen LogP contribution in [0.2, 0.25) is 5.02 Å². The zero-order valence-electron chi connectivity index (χ0n) is 9.56. The van der Waals surface area contributed by atoms with Crippen LogP contribution >= 0.6 is 11.6 Å². The van der Waals surface area contributed by atoms with Gasteiger partial charge in [-0.3, -0.25) is 4.79 Å². The Kier molecular flexibility index (Phi) is 3.85. The normalized spacial score (nSPS) is 10.1. The third-order valence-electron chi connectivity index (χ3n) is 2.45. The van der Waals surface area contributed by atoms with Crippen LogP contribution in [0.25, 0.3) is 0 Å². The molecule has 0 aromatic heterocycles. The number of carbonyl (C=O) groups excluding carboxylic acids is 1. The Morgan fingerprint density at radius 2 is 1.94 bits per heavy atom. The van der Waals surface area contributed by atoms with E-state index in [0.717, 1.165) is 0 Å². The van der Waals surface area contributed by atoms with Gasteiger partial charge >= 0.3 is 0 Å². The second kappa shape index (κ2) is 5.56. The highest BCUT2D eigenvalue weighted by Crippen LogP contribution is 2.18. The van der Waals surface area contributed by atoms with E-state index < -0.39 is 0 Å². The number of nitrogens with one attached hydrogen (secondary N) is 1. The summed E-state index contributed by atoms with van der Waals surface area (Å²) in [6.45, 7) is 0. The highest BCUT2D eigenvalue weighted by Gasteiger charge is 2.07. The quantitative estimate of drug-likeness (QED) is 0.891. The minimum atomic E-state index is -0.196. The summed E-state index contributed by atoms with van der Waals surface area (Å²) in [5.74, 6) is -0.0717. The van der Waals surface area contributed by atoms with E-state index in [2.05, 4.69) is 5.32 Å². The summed E-state index contributed by atoms with van der Waals surface area (Å²) in [7, 11) is 0. The topological polar surface area (TPSA) is 49.3 Å². The molecule has 2 N–H and O–H groups in total. The van der Waals surface area contributed by atoms with Crippen molar-refractivity contribution in [2.24, 2.45) is 0 Å². The predicted octanol–water partition coefficient (Wildman–Crippen LogP) is 3.23. The average molecular weight is 262 g/mol. The Balaban J connectivity index is 2.03. The van der Waals surface area contributed by atoms with Crippen LogP contribution in [0.3, 0.4) is 0 Å². The van der Waals surface area contributed by atoms with Crippen molar-refractivity contribution < 1.29 is 9.90 Å². The fraction of sp³-hybridized carbons (Fsp3) is 0.0714. The van der Waals surface area contributed by atoms with Crippen molar-refractivity contribution in [1.29, 1.82) is 0 Å². The zero-order valence-corrected chi connectivity index (χ0v) is 10.3. The molecule has 2 aromatic rings. The maximum atomic E-state index is 11.8. The molecule has 2 aromatic carbocycles. The van der Waals surface area contributed by atoms with Crippen molar-refractivity contribution in [3.63, 3.8) is 0 Å². The Hall–Kier alpha value is -2.00. The highest BCUT2D eigenvalue weighted by molar-refractivity contribution is 6.30. The van der Waals surface area contributed by atoms with Crippen molar-refractivity contribution in [3.05, 3.63) is 59.1 Å². The van der Waals surface area contributed by atoms with E-state index in [1.807, 2.05) is 0 Å². The Morgan fingerprint density at radius 3 is 2.67 bits per heavy atom. The first-order valence-corrected chi connectivity index (χ1v) is 5.85. The number of hydrogen-bond donors (Lipinski definition) is 2. The van der Waals surface area contributed by atoms with E-state index in [0.29, 0.717) is 16.3 Å². The summed E-state index contributed by atoms with van der Waals surface area (Å²) >= 11 is 5.82. The van der Waals surface area contributed by atoms with Gasteiger partial charge in [-0.15, -0.1) is 0 Å². The number of benzene rings is 2. The number of halogens is 1. The van der Waals surface area contributed by atoms with Gasteiger partial charge in [0.05, 0.1) is 6.42 Å². The standard InChI is InChI=1S/C14H12ClNO2/c15-11-5-3-6-12(9-11)16-14(18)8-10-4-1-2-7-13(10)17/h1-7,9,17H,8H2,(H,16,18). The monoisotopic (exact) mass is 261 g/mol. The SMILES string of the molecule is O=C(Cc1ccccc1O)Nc1cccc(Cl)c1. The molecule has 2 rings (SSSR count). The first kappa shape index (κ1) is 12.5. The summed E-state index contributed by atoms with van der Waals surface area (Å²) in [6, 6.07) is 13.7. The average Bonchev–Trinajstić information content (AvgIpc) is 2.32. The fourth-order valence-electron chi connectivity index (χ4n) is 1.60. The molecule has 0 bridgehead atoms. The summed E-state index contributed by atoms with van der Waals surface area (Å²) < 4.78 is 0. The van der Waals surface area contributed by atoms with Gasteiger partial charge < -0.3 is 10.4 Å². The number of para-hydroxylation sites is 1. The molecule has 0 aliphatic heterocycles. The van der Waals surface area contributed by atoms with Crippen LogP contribution in [0.15, 0.2) is 48.5 Å². The zero-order chi connectivity index (χ0) is 13.0. The first-order chi connectivity index (χ1) is 8.65. The molecule has 0 unspecified atom stereocenters. The van der Waals surface area contributed by atoms with Crippen LogP contribution in [0.1, 0.15) is 5.56 Å². The molecular formula is C14H12ClNO2. The number of rotatable bonds is 3. The molecule has 0 heterocycles. The van der Waals surface area contributed by atoms with Gasteiger partial charge in [-0.05, 0) is 24.3 Å². The molecule has 0 aliphatic rings. The highest BCUT2D eigenvalue weighted by atomic mass is 35.5. The molecule has 0 saturated heterocycles. The Morgan fingerprint density at radius 1 is 1.17 bits per heavy atom. The summed E-state index contributed by atoms with van der Waals surface area (Å²) in [5.41, 5.74) is 1.24. The van der Waals surface area contributed by atoms with Gasteiger partial charge in [-0.1, -0.05) is 35.9 Å². The lowest BCUT2D eigenvalue weighted by Crippen LogP contribution is -2.14. The molecule has 0 spiro atoms. The molecule has 1 amide bonds. The number of phenols is 1. The molecule has 0 radical (unpaired) electrons. The van der Waals surface area contributed by atoms with E-state index in [1.54, 1.807) is 48.5 Å². The number of phenolic OH excluding ortho intramolecular Hbond substituents is 1. The molecule has 92 valence electrons. The minimum Gasteiger partial charge on any atom is -0.508 e. The summed E-state index contributed by atoms with van der Waals surface area (Å²) in [5, 5.41) is 12.9. The van der Waals surface area contributed by atoms with Gasteiger partial charge in [0.1, 0.15) is 5.75 Å². The minimum absolute atomic E-state index is 0.124. The van der Waals surface area contributed by atoms with Crippen LogP contribution < -0.4 is 5.32 Å². The molecule has 0 atom stereocenters. The Labute approximate surface area is 110 Å². The lowest BCUT2D eigenvalue weighted by molar-refractivity contribution is -0.115. The van der Waals surface area contributed by atoms with Crippen LogP contribution in [0.5, 0.6) is 5.75 Å². The molecule has 0 fully saturated rings. The van der Waals surface area contributed by atoms with Gasteiger partial charge in [0.25, 0.3) is 0 Å². The number of carbonyl (C=O) groups is 1.